The maximum atomic E-state index is 5.78. The number of thiocarbonyl (C=S) groups is 1. The molecule has 1 atom stereocenters. The van der Waals surface area contributed by atoms with Crippen LogP contribution in [0.4, 0.5) is 0 Å². The molecule has 2 nitrogen and oxygen atoms in total. The van der Waals surface area contributed by atoms with E-state index in [1.165, 1.54) is 19.3 Å². The largest absolute Gasteiger partial charge is 0.393 e. The lowest BCUT2D eigenvalue weighted by Gasteiger charge is -2.30. The molecule has 1 saturated carbocycles. The van der Waals surface area contributed by atoms with Gasteiger partial charge in [-0.3, -0.25) is 0 Å². The molecule has 0 radical (unpaired) electrons. The number of nitrogens with two attached hydrogens (primary N) is 1. The first kappa shape index (κ1) is 9.93. The van der Waals surface area contributed by atoms with E-state index < -0.39 is 0 Å². The third-order valence-electron chi connectivity index (χ3n) is 2.32. The third-order valence-corrected chi connectivity index (χ3v) is 2.49. The fraction of sp³-hybridized carbons (Fsp3) is 0.889. The average molecular weight is 187 g/mol. The molecule has 3 heteroatoms. The topological polar surface area (TPSA) is 35.2 Å². The fourth-order valence-corrected chi connectivity index (χ4v) is 1.48. The Hall–Kier alpha value is -0.150. The minimum Gasteiger partial charge on any atom is -0.393 e. The molecule has 0 heterocycles. The molecule has 1 rings (SSSR count). The summed E-state index contributed by atoms with van der Waals surface area (Å²) < 4.78 is 5.78. The Morgan fingerprint density at radius 1 is 1.67 bits per heavy atom. The first-order valence-corrected chi connectivity index (χ1v) is 5.07. The van der Waals surface area contributed by atoms with Gasteiger partial charge >= 0.3 is 0 Å². The summed E-state index contributed by atoms with van der Waals surface area (Å²) in [5.74, 6) is 0. The van der Waals surface area contributed by atoms with E-state index in [4.69, 9.17) is 22.7 Å². The highest BCUT2D eigenvalue weighted by molar-refractivity contribution is 7.80. The highest BCUT2D eigenvalue weighted by Crippen LogP contribution is 2.24. The Labute approximate surface area is 79.5 Å². The number of rotatable bonds is 5. The van der Waals surface area contributed by atoms with Crippen molar-refractivity contribution < 1.29 is 4.74 Å². The molecule has 70 valence electrons. The van der Waals surface area contributed by atoms with Crippen molar-refractivity contribution in [3.8, 4) is 0 Å². The second-order valence-corrected chi connectivity index (χ2v) is 3.91. The third kappa shape index (κ3) is 3.07. The lowest BCUT2D eigenvalue weighted by molar-refractivity contribution is -0.0488. The van der Waals surface area contributed by atoms with Gasteiger partial charge in [0.15, 0.2) is 0 Å². The monoisotopic (exact) mass is 187 g/mol. The van der Waals surface area contributed by atoms with E-state index in [-0.39, 0.29) is 6.10 Å². The van der Waals surface area contributed by atoms with Gasteiger partial charge in [-0.15, -0.1) is 0 Å². The molecule has 0 spiro atoms. The summed E-state index contributed by atoms with van der Waals surface area (Å²) in [6.45, 7) is 2.11. The van der Waals surface area contributed by atoms with Crippen molar-refractivity contribution in [3.63, 3.8) is 0 Å². The van der Waals surface area contributed by atoms with Gasteiger partial charge in [-0.1, -0.05) is 19.1 Å². The first-order chi connectivity index (χ1) is 5.72. The van der Waals surface area contributed by atoms with E-state index in [1.54, 1.807) is 0 Å². The Kier molecular flexibility index (Phi) is 3.95. The zero-order valence-electron chi connectivity index (χ0n) is 7.58. The predicted octanol–water partition coefficient (Wildman–Crippen LogP) is 2.01. The maximum Gasteiger partial charge on any atom is 0.0753 e. The molecular formula is C9H17NOS. The molecule has 1 aliphatic rings. The molecule has 0 aliphatic heterocycles. The van der Waals surface area contributed by atoms with Crippen LogP contribution in [-0.4, -0.2) is 17.2 Å². The molecule has 1 fully saturated rings. The second-order valence-electron chi connectivity index (χ2n) is 3.39. The van der Waals surface area contributed by atoms with Gasteiger partial charge in [0.1, 0.15) is 0 Å². The van der Waals surface area contributed by atoms with Gasteiger partial charge in [0.25, 0.3) is 0 Å². The van der Waals surface area contributed by atoms with Crippen molar-refractivity contribution in [1.82, 2.24) is 0 Å². The Balaban J connectivity index is 2.19. The van der Waals surface area contributed by atoms with E-state index in [1.807, 2.05) is 0 Å². The van der Waals surface area contributed by atoms with E-state index in [2.05, 4.69) is 6.92 Å². The summed E-state index contributed by atoms with van der Waals surface area (Å²) in [7, 11) is 0. The minimum absolute atomic E-state index is 0.257. The quantitative estimate of drug-likeness (QED) is 0.669. The molecule has 0 aromatic carbocycles. The number of hydrogen-bond acceptors (Lipinski definition) is 2. The molecule has 0 bridgehead atoms. The fourth-order valence-electron chi connectivity index (χ4n) is 1.29. The molecule has 1 aliphatic carbocycles. The Morgan fingerprint density at radius 3 is 2.67 bits per heavy atom. The van der Waals surface area contributed by atoms with Gasteiger partial charge in [-0.25, -0.2) is 0 Å². The molecule has 0 aromatic heterocycles. The zero-order valence-corrected chi connectivity index (χ0v) is 8.40. The summed E-state index contributed by atoms with van der Waals surface area (Å²) in [6, 6.07) is 0. The summed E-state index contributed by atoms with van der Waals surface area (Å²) in [5, 5.41) is 0. The summed E-state index contributed by atoms with van der Waals surface area (Å²) in [5.41, 5.74) is 5.46. The van der Waals surface area contributed by atoms with Crippen LogP contribution >= 0.6 is 12.2 Å². The van der Waals surface area contributed by atoms with Crippen molar-refractivity contribution in [2.45, 2.75) is 51.2 Å². The van der Waals surface area contributed by atoms with E-state index in [9.17, 15) is 0 Å². The molecule has 0 amide bonds. The molecule has 1 unspecified atom stereocenters. The van der Waals surface area contributed by atoms with Gasteiger partial charge in [0.2, 0.25) is 0 Å². The van der Waals surface area contributed by atoms with Crippen LogP contribution < -0.4 is 5.73 Å². The van der Waals surface area contributed by atoms with Crippen LogP contribution in [0.1, 0.15) is 39.0 Å². The lowest BCUT2D eigenvalue weighted by Crippen LogP contribution is -2.30. The lowest BCUT2D eigenvalue weighted by atomic mass is 9.96. The average Bonchev–Trinajstić information content (AvgIpc) is 1.93. The maximum absolute atomic E-state index is 5.78. The molecule has 0 saturated heterocycles. The normalized spacial score (nSPS) is 20.1. The van der Waals surface area contributed by atoms with E-state index in [0.29, 0.717) is 11.1 Å². The molecular weight excluding hydrogens is 170 g/mol. The van der Waals surface area contributed by atoms with Gasteiger partial charge in [0, 0.05) is 6.42 Å². The molecule has 0 aromatic rings. The van der Waals surface area contributed by atoms with Crippen molar-refractivity contribution in [3.05, 3.63) is 0 Å². The summed E-state index contributed by atoms with van der Waals surface area (Å²) in [4.78, 5) is 0.571. The first-order valence-electron chi connectivity index (χ1n) is 4.66. The van der Waals surface area contributed by atoms with Crippen LogP contribution in [0, 0.1) is 0 Å². The van der Waals surface area contributed by atoms with Gasteiger partial charge in [0.05, 0.1) is 17.2 Å². The van der Waals surface area contributed by atoms with E-state index in [0.717, 1.165) is 12.8 Å². The predicted molar refractivity (Wildman–Crippen MR) is 54.2 cm³/mol. The minimum atomic E-state index is 0.257. The molecule has 2 N–H and O–H groups in total. The van der Waals surface area contributed by atoms with Crippen LogP contribution in [0.15, 0.2) is 0 Å². The zero-order chi connectivity index (χ0) is 8.97. The Bertz CT molecular complexity index is 157. The van der Waals surface area contributed by atoms with E-state index >= 15 is 0 Å². The van der Waals surface area contributed by atoms with Crippen LogP contribution in [0.3, 0.4) is 0 Å². The van der Waals surface area contributed by atoms with Crippen LogP contribution in [0.25, 0.3) is 0 Å². The number of hydrogen-bond donors (Lipinski definition) is 1. The molecule has 12 heavy (non-hydrogen) atoms. The summed E-state index contributed by atoms with van der Waals surface area (Å²) >= 11 is 4.84. The summed E-state index contributed by atoms with van der Waals surface area (Å²) in [6.07, 6.45) is 6.24. The van der Waals surface area contributed by atoms with Crippen molar-refractivity contribution in [2.24, 2.45) is 5.73 Å². The Morgan fingerprint density at radius 2 is 2.33 bits per heavy atom. The van der Waals surface area contributed by atoms with Crippen molar-refractivity contribution in [2.75, 3.05) is 0 Å². The highest BCUT2D eigenvalue weighted by Gasteiger charge is 2.21. The second kappa shape index (κ2) is 4.77. The standard InChI is InChI=1S/C9H17NOS/c1-2-7(6-9(10)12)11-8-4-3-5-8/h7-8H,2-6H2,1H3,(H2,10,12). The van der Waals surface area contributed by atoms with Crippen molar-refractivity contribution >= 4 is 17.2 Å². The van der Waals surface area contributed by atoms with Crippen molar-refractivity contribution in [1.29, 1.82) is 0 Å². The van der Waals surface area contributed by atoms with Gasteiger partial charge < -0.3 is 10.5 Å². The smallest absolute Gasteiger partial charge is 0.0753 e. The van der Waals surface area contributed by atoms with Gasteiger partial charge in [-0.05, 0) is 25.7 Å². The SMILES string of the molecule is CCC(CC(N)=S)OC1CCC1. The van der Waals surface area contributed by atoms with Crippen LogP contribution in [0.2, 0.25) is 0 Å². The number of ether oxygens (including phenoxy) is 1. The van der Waals surface area contributed by atoms with Crippen LogP contribution in [0.5, 0.6) is 0 Å². The van der Waals surface area contributed by atoms with Crippen LogP contribution in [-0.2, 0) is 4.74 Å². The highest BCUT2D eigenvalue weighted by atomic mass is 32.1. The van der Waals surface area contributed by atoms with Gasteiger partial charge in [-0.2, -0.15) is 0 Å².